The number of hydrogen-bond acceptors (Lipinski definition) is 2. The molecule has 1 heterocycles. The van der Waals surface area contributed by atoms with Crippen LogP contribution in [0.3, 0.4) is 0 Å². The number of hydrogen-bond donors (Lipinski definition) is 0. The second kappa shape index (κ2) is 5.16. The number of nitrogens with zero attached hydrogens (tertiary/aromatic N) is 2. The van der Waals surface area contributed by atoms with E-state index in [1.807, 2.05) is 0 Å². The van der Waals surface area contributed by atoms with Crippen LogP contribution in [0.4, 0.5) is 0 Å². The Labute approximate surface area is 75.2 Å². The van der Waals surface area contributed by atoms with Crippen LogP contribution in [-0.4, -0.2) is 24.5 Å². The Bertz CT molecular complexity index is 160. The third kappa shape index (κ3) is 2.83. The maximum absolute atomic E-state index is 8.76. The van der Waals surface area contributed by atoms with E-state index in [-0.39, 0.29) is 0 Å². The monoisotopic (exact) mass is 166 g/mol. The minimum atomic E-state index is 0.326. The second-order valence-corrected chi connectivity index (χ2v) is 3.60. The van der Waals surface area contributed by atoms with Crippen molar-refractivity contribution in [2.45, 2.75) is 32.6 Å². The van der Waals surface area contributed by atoms with E-state index in [1.165, 1.54) is 25.9 Å². The molecule has 1 unspecified atom stereocenters. The van der Waals surface area contributed by atoms with Crippen LogP contribution in [0.1, 0.15) is 32.6 Å². The molecule has 1 fully saturated rings. The fraction of sp³-hybridized carbons (Fsp3) is 0.900. The smallest absolute Gasteiger partial charge is 0.0656 e. The molecule has 0 aliphatic carbocycles. The third-order valence-corrected chi connectivity index (χ3v) is 2.54. The van der Waals surface area contributed by atoms with E-state index in [4.69, 9.17) is 5.26 Å². The second-order valence-electron chi connectivity index (χ2n) is 3.60. The van der Waals surface area contributed by atoms with Gasteiger partial charge in [0.05, 0.1) is 6.07 Å². The Kier molecular flexibility index (Phi) is 4.10. The summed E-state index contributed by atoms with van der Waals surface area (Å²) in [5.74, 6) is 0.326. The SMILES string of the molecule is CCCN1CCCC(C#N)CC1. The maximum atomic E-state index is 8.76. The van der Waals surface area contributed by atoms with Crippen LogP contribution in [0.25, 0.3) is 0 Å². The molecule has 0 aromatic rings. The van der Waals surface area contributed by atoms with Gasteiger partial charge in [-0.05, 0) is 45.3 Å². The van der Waals surface area contributed by atoms with E-state index in [9.17, 15) is 0 Å². The molecule has 0 N–H and O–H groups in total. The highest BCUT2D eigenvalue weighted by Crippen LogP contribution is 2.16. The van der Waals surface area contributed by atoms with E-state index >= 15 is 0 Å². The summed E-state index contributed by atoms with van der Waals surface area (Å²) in [7, 11) is 0. The lowest BCUT2D eigenvalue weighted by Gasteiger charge is -2.18. The maximum Gasteiger partial charge on any atom is 0.0656 e. The summed E-state index contributed by atoms with van der Waals surface area (Å²) < 4.78 is 0. The van der Waals surface area contributed by atoms with Gasteiger partial charge in [0.15, 0.2) is 0 Å². The molecule has 1 rings (SSSR count). The lowest BCUT2D eigenvalue weighted by Crippen LogP contribution is -2.25. The molecule has 1 saturated heterocycles. The highest BCUT2D eigenvalue weighted by Gasteiger charge is 2.15. The molecule has 0 amide bonds. The van der Waals surface area contributed by atoms with E-state index in [0.29, 0.717) is 5.92 Å². The zero-order valence-corrected chi connectivity index (χ0v) is 7.92. The van der Waals surface area contributed by atoms with Crippen molar-refractivity contribution in [2.24, 2.45) is 5.92 Å². The van der Waals surface area contributed by atoms with Gasteiger partial charge >= 0.3 is 0 Å². The molecule has 1 atom stereocenters. The minimum absolute atomic E-state index is 0.326. The van der Waals surface area contributed by atoms with E-state index in [0.717, 1.165) is 19.4 Å². The highest BCUT2D eigenvalue weighted by molar-refractivity contribution is 4.85. The van der Waals surface area contributed by atoms with Gasteiger partial charge in [0.2, 0.25) is 0 Å². The molecule has 68 valence electrons. The van der Waals surface area contributed by atoms with Crippen molar-refractivity contribution in [3.05, 3.63) is 0 Å². The van der Waals surface area contributed by atoms with Crippen molar-refractivity contribution in [1.82, 2.24) is 4.90 Å². The van der Waals surface area contributed by atoms with Crippen LogP contribution < -0.4 is 0 Å². The summed E-state index contributed by atoms with van der Waals surface area (Å²) in [6.07, 6.45) is 4.63. The lowest BCUT2D eigenvalue weighted by atomic mass is 10.0. The van der Waals surface area contributed by atoms with Crippen molar-refractivity contribution in [3.8, 4) is 6.07 Å². The minimum Gasteiger partial charge on any atom is -0.303 e. The molecule has 0 radical (unpaired) electrons. The van der Waals surface area contributed by atoms with E-state index in [1.54, 1.807) is 0 Å². The first-order valence-corrected chi connectivity index (χ1v) is 4.98. The molecule has 0 spiro atoms. The Balaban J connectivity index is 2.30. The normalized spacial score (nSPS) is 26.2. The summed E-state index contributed by atoms with van der Waals surface area (Å²) in [5.41, 5.74) is 0. The molecular formula is C10H18N2. The zero-order valence-electron chi connectivity index (χ0n) is 7.92. The Morgan fingerprint density at radius 1 is 1.42 bits per heavy atom. The van der Waals surface area contributed by atoms with Gasteiger partial charge in [0.25, 0.3) is 0 Å². The molecule has 0 bridgehead atoms. The average Bonchev–Trinajstić information content (AvgIpc) is 2.31. The first-order chi connectivity index (χ1) is 5.86. The van der Waals surface area contributed by atoms with E-state index in [2.05, 4.69) is 17.9 Å². The van der Waals surface area contributed by atoms with Crippen LogP contribution in [-0.2, 0) is 0 Å². The quantitative estimate of drug-likeness (QED) is 0.627. The molecule has 2 heteroatoms. The van der Waals surface area contributed by atoms with Gasteiger partial charge < -0.3 is 4.90 Å². The van der Waals surface area contributed by atoms with Crippen LogP contribution in [0.15, 0.2) is 0 Å². The van der Waals surface area contributed by atoms with Crippen molar-refractivity contribution >= 4 is 0 Å². The molecule has 2 nitrogen and oxygen atoms in total. The predicted octanol–water partition coefficient (Wildman–Crippen LogP) is 2.02. The van der Waals surface area contributed by atoms with Gasteiger partial charge in [0, 0.05) is 5.92 Å². The van der Waals surface area contributed by atoms with Gasteiger partial charge in [-0.2, -0.15) is 5.26 Å². The van der Waals surface area contributed by atoms with Crippen LogP contribution in [0, 0.1) is 17.2 Å². The topological polar surface area (TPSA) is 27.0 Å². The Morgan fingerprint density at radius 2 is 2.25 bits per heavy atom. The molecule has 12 heavy (non-hydrogen) atoms. The first kappa shape index (κ1) is 9.54. The van der Waals surface area contributed by atoms with Gasteiger partial charge in [0.1, 0.15) is 0 Å². The van der Waals surface area contributed by atoms with Crippen molar-refractivity contribution in [1.29, 1.82) is 5.26 Å². The number of rotatable bonds is 2. The summed E-state index contributed by atoms with van der Waals surface area (Å²) in [6, 6.07) is 2.38. The Hall–Kier alpha value is -0.550. The first-order valence-electron chi connectivity index (χ1n) is 4.98. The fourth-order valence-electron chi connectivity index (χ4n) is 1.82. The number of nitriles is 1. The molecule has 0 aromatic heterocycles. The van der Waals surface area contributed by atoms with Gasteiger partial charge in [-0.3, -0.25) is 0 Å². The molecule has 0 aromatic carbocycles. The van der Waals surface area contributed by atoms with Crippen LogP contribution >= 0.6 is 0 Å². The third-order valence-electron chi connectivity index (χ3n) is 2.54. The fourth-order valence-corrected chi connectivity index (χ4v) is 1.82. The molecular weight excluding hydrogens is 148 g/mol. The Morgan fingerprint density at radius 3 is 2.92 bits per heavy atom. The highest BCUT2D eigenvalue weighted by atomic mass is 15.1. The summed E-state index contributed by atoms with van der Waals surface area (Å²) >= 11 is 0. The van der Waals surface area contributed by atoms with Crippen molar-refractivity contribution in [2.75, 3.05) is 19.6 Å². The predicted molar refractivity (Wildman–Crippen MR) is 49.7 cm³/mol. The summed E-state index contributed by atoms with van der Waals surface area (Å²) in [5, 5.41) is 8.76. The average molecular weight is 166 g/mol. The standard InChI is InChI=1S/C10H18N2/c1-2-6-12-7-3-4-10(9-11)5-8-12/h10H,2-8H2,1H3. The van der Waals surface area contributed by atoms with Crippen molar-refractivity contribution in [3.63, 3.8) is 0 Å². The van der Waals surface area contributed by atoms with Crippen LogP contribution in [0.2, 0.25) is 0 Å². The van der Waals surface area contributed by atoms with Crippen molar-refractivity contribution < 1.29 is 0 Å². The lowest BCUT2D eigenvalue weighted by molar-refractivity contribution is 0.284. The summed E-state index contributed by atoms with van der Waals surface area (Å²) in [4.78, 5) is 2.48. The van der Waals surface area contributed by atoms with Gasteiger partial charge in [-0.1, -0.05) is 6.92 Å². The molecule has 1 aliphatic heterocycles. The summed E-state index contributed by atoms with van der Waals surface area (Å²) in [6.45, 7) is 5.75. The zero-order chi connectivity index (χ0) is 8.81. The van der Waals surface area contributed by atoms with Gasteiger partial charge in [-0.15, -0.1) is 0 Å². The number of likely N-dealkylation sites (tertiary alicyclic amines) is 1. The molecule has 0 saturated carbocycles. The van der Waals surface area contributed by atoms with Gasteiger partial charge in [-0.25, -0.2) is 0 Å². The molecule has 1 aliphatic rings. The van der Waals surface area contributed by atoms with E-state index < -0.39 is 0 Å². The van der Waals surface area contributed by atoms with Crippen LogP contribution in [0.5, 0.6) is 0 Å². The largest absolute Gasteiger partial charge is 0.303 e.